The second-order valence-corrected chi connectivity index (χ2v) is 9.08. The Morgan fingerprint density at radius 3 is 2.37 bits per heavy atom. The molecule has 148 valence electrons. The van der Waals surface area contributed by atoms with Crippen molar-refractivity contribution < 1.29 is 9.59 Å². The molecule has 1 aromatic rings. The summed E-state index contributed by atoms with van der Waals surface area (Å²) in [5, 5.41) is 3.00. The SMILES string of the molecule is NCC1(CC(=O)Nc2ccc(CC(=O)N3CCSCC3)cc2)CCCCC1. The summed E-state index contributed by atoms with van der Waals surface area (Å²) in [5.41, 5.74) is 7.74. The first-order valence-electron chi connectivity index (χ1n) is 10.0. The van der Waals surface area contributed by atoms with Gasteiger partial charge in [-0.1, -0.05) is 31.4 Å². The van der Waals surface area contributed by atoms with Gasteiger partial charge in [-0.25, -0.2) is 0 Å². The van der Waals surface area contributed by atoms with Gasteiger partial charge >= 0.3 is 0 Å². The molecule has 27 heavy (non-hydrogen) atoms. The molecule has 0 radical (unpaired) electrons. The Kier molecular flexibility index (Phi) is 7.19. The molecule has 0 bridgehead atoms. The molecule has 3 N–H and O–H groups in total. The number of carbonyl (C=O) groups excluding carboxylic acids is 2. The van der Waals surface area contributed by atoms with Gasteiger partial charge in [-0.15, -0.1) is 0 Å². The number of amides is 2. The molecule has 0 unspecified atom stereocenters. The lowest BCUT2D eigenvalue weighted by molar-refractivity contribution is -0.130. The number of benzene rings is 1. The monoisotopic (exact) mass is 389 g/mol. The molecular weight excluding hydrogens is 358 g/mol. The Morgan fingerprint density at radius 2 is 1.74 bits per heavy atom. The van der Waals surface area contributed by atoms with Crippen LogP contribution in [0.1, 0.15) is 44.1 Å². The Labute approximate surface area is 166 Å². The molecule has 2 fully saturated rings. The summed E-state index contributed by atoms with van der Waals surface area (Å²) in [4.78, 5) is 26.8. The van der Waals surface area contributed by atoms with Gasteiger partial charge in [0.1, 0.15) is 0 Å². The highest BCUT2D eigenvalue weighted by Gasteiger charge is 2.32. The van der Waals surface area contributed by atoms with E-state index in [1.165, 1.54) is 19.3 Å². The van der Waals surface area contributed by atoms with E-state index in [0.717, 1.165) is 48.7 Å². The van der Waals surface area contributed by atoms with Crippen molar-refractivity contribution in [1.82, 2.24) is 4.90 Å². The van der Waals surface area contributed by atoms with Crippen LogP contribution in [0.25, 0.3) is 0 Å². The smallest absolute Gasteiger partial charge is 0.227 e. The van der Waals surface area contributed by atoms with Crippen molar-refractivity contribution in [2.75, 3.05) is 36.5 Å². The normalized spacial score (nSPS) is 19.5. The fraction of sp³-hybridized carbons (Fsp3) is 0.619. The second-order valence-electron chi connectivity index (χ2n) is 7.86. The molecule has 0 spiro atoms. The minimum Gasteiger partial charge on any atom is -0.341 e. The van der Waals surface area contributed by atoms with E-state index < -0.39 is 0 Å². The maximum Gasteiger partial charge on any atom is 0.227 e. The van der Waals surface area contributed by atoms with Crippen LogP contribution < -0.4 is 11.1 Å². The molecule has 2 amide bonds. The summed E-state index contributed by atoms with van der Waals surface area (Å²) in [6, 6.07) is 7.65. The number of carbonyl (C=O) groups is 2. The highest BCUT2D eigenvalue weighted by Crippen LogP contribution is 2.38. The third-order valence-corrected chi connectivity index (χ3v) is 6.78. The third kappa shape index (κ3) is 5.72. The van der Waals surface area contributed by atoms with Crippen molar-refractivity contribution in [3.63, 3.8) is 0 Å². The zero-order valence-electron chi connectivity index (χ0n) is 16.0. The minimum atomic E-state index is -0.0264. The van der Waals surface area contributed by atoms with Crippen molar-refractivity contribution >= 4 is 29.3 Å². The van der Waals surface area contributed by atoms with Gasteiger partial charge in [0.25, 0.3) is 0 Å². The fourth-order valence-corrected chi connectivity index (χ4v) is 5.01. The molecule has 0 aromatic heterocycles. The van der Waals surface area contributed by atoms with Crippen molar-refractivity contribution in [1.29, 1.82) is 0 Å². The Morgan fingerprint density at radius 1 is 1.07 bits per heavy atom. The predicted molar refractivity (Wildman–Crippen MR) is 112 cm³/mol. The van der Waals surface area contributed by atoms with E-state index in [4.69, 9.17) is 5.73 Å². The highest BCUT2D eigenvalue weighted by atomic mass is 32.2. The molecule has 2 aliphatic rings. The van der Waals surface area contributed by atoms with Crippen LogP contribution in [-0.4, -0.2) is 47.9 Å². The molecule has 6 heteroatoms. The number of thioether (sulfide) groups is 1. The standard InChI is InChI=1S/C21H31N3O2S/c22-16-21(8-2-1-3-9-21)15-19(25)23-18-6-4-17(5-7-18)14-20(26)24-10-12-27-13-11-24/h4-7H,1-3,8-16,22H2,(H,23,25). The van der Waals surface area contributed by atoms with Crippen LogP contribution in [0.2, 0.25) is 0 Å². The molecule has 1 aliphatic carbocycles. The van der Waals surface area contributed by atoms with Gasteiger partial charge in [0, 0.05) is 36.7 Å². The summed E-state index contributed by atoms with van der Waals surface area (Å²) in [7, 11) is 0. The Balaban J connectivity index is 1.51. The molecule has 1 saturated heterocycles. The maximum absolute atomic E-state index is 12.5. The topological polar surface area (TPSA) is 75.4 Å². The number of hydrogen-bond donors (Lipinski definition) is 2. The minimum absolute atomic E-state index is 0.0264. The van der Waals surface area contributed by atoms with Crippen LogP contribution in [0.5, 0.6) is 0 Å². The zero-order valence-corrected chi connectivity index (χ0v) is 16.9. The highest BCUT2D eigenvalue weighted by molar-refractivity contribution is 7.99. The predicted octanol–water partition coefficient (Wildman–Crippen LogP) is 3.04. The lowest BCUT2D eigenvalue weighted by atomic mass is 9.71. The maximum atomic E-state index is 12.5. The fourth-order valence-electron chi connectivity index (χ4n) is 4.11. The van der Waals surface area contributed by atoms with E-state index in [9.17, 15) is 9.59 Å². The Hall–Kier alpha value is -1.53. The number of anilines is 1. The second kappa shape index (κ2) is 9.60. The average molecular weight is 390 g/mol. The van der Waals surface area contributed by atoms with Crippen molar-refractivity contribution in [2.45, 2.75) is 44.9 Å². The van der Waals surface area contributed by atoms with Gasteiger partial charge in [-0.3, -0.25) is 9.59 Å². The molecular formula is C21H31N3O2S. The number of rotatable bonds is 6. The van der Waals surface area contributed by atoms with Gasteiger partial charge in [0.05, 0.1) is 6.42 Å². The van der Waals surface area contributed by atoms with Crippen LogP contribution in [0, 0.1) is 5.41 Å². The van der Waals surface area contributed by atoms with E-state index >= 15 is 0 Å². The zero-order chi connectivity index (χ0) is 19.1. The molecule has 0 atom stereocenters. The Bertz CT molecular complexity index is 635. The number of hydrogen-bond acceptors (Lipinski definition) is 4. The molecule has 3 rings (SSSR count). The summed E-state index contributed by atoms with van der Waals surface area (Å²) >= 11 is 1.90. The lowest BCUT2D eigenvalue weighted by Gasteiger charge is -2.35. The molecule has 1 aliphatic heterocycles. The van der Waals surface area contributed by atoms with Gasteiger partial charge in [-0.2, -0.15) is 11.8 Å². The summed E-state index contributed by atoms with van der Waals surface area (Å²) in [5.74, 6) is 2.29. The number of nitrogens with two attached hydrogens (primary N) is 1. The van der Waals surface area contributed by atoms with Gasteiger partial charge in [0.2, 0.25) is 11.8 Å². The first kappa shape index (κ1) is 20.2. The van der Waals surface area contributed by atoms with E-state index in [2.05, 4.69) is 5.32 Å². The lowest BCUT2D eigenvalue weighted by Crippen LogP contribution is -2.38. The number of nitrogens with zero attached hydrogens (tertiary/aromatic N) is 1. The molecule has 5 nitrogen and oxygen atoms in total. The largest absolute Gasteiger partial charge is 0.341 e. The third-order valence-electron chi connectivity index (χ3n) is 5.84. The first-order chi connectivity index (χ1) is 13.1. The van der Waals surface area contributed by atoms with E-state index in [1.54, 1.807) is 0 Å². The van der Waals surface area contributed by atoms with Crippen LogP contribution in [0.15, 0.2) is 24.3 Å². The summed E-state index contributed by atoms with van der Waals surface area (Å²) in [6.45, 7) is 2.28. The van der Waals surface area contributed by atoms with Crippen LogP contribution in [0.3, 0.4) is 0 Å². The van der Waals surface area contributed by atoms with E-state index in [0.29, 0.717) is 19.4 Å². The van der Waals surface area contributed by atoms with Gasteiger partial charge < -0.3 is 16.0 Å². The molecule has 1 heterocycles. The van der Waals surface area contributed by atoms with Crippen molar-refractivity contribution in [2.24, 2.45) is 11.1 Å². The van der Waals surface area contributed by atoms with Crippen molar-refractivity contribution in [3.05, 3.63) is 29.8 Å². The van der Waals surface area contributed by atoms with E-state index in [-0.39, 0.29) is 17.2 Å². The number of nitrogens with one attached hydrogen (secondary N) is 1. The van der Waals surface area contributed by atoms with Crippen LogP contribution in [-0.2, 0) is 16.0 Å². The summed E-state index contributed by atoms with van der Waals surface area (Å²) < 4.78 is 0. The van der Waals surface area contributed by atoms with Gasteiger partial charge in [0.15, 0.2) is 0 Å². The van der Waals surface area contributed by atoms with Crippen LogP contribution >= 0.6 is 11.8 Å². The van der Waals surface area contributed by atoms with Crippen LogP contribution in [0.4, 0.5) is 5.69 Å². The quantitative estimate of drug-likeness (QED) is 0.784. The van der Waals surface area contributed by atoms with Gasteiger partial charge in [-0.05, 0) is 42.5 Å². The summed E-state index contributed by atoms with van der Waals surface area (Å²) in [6.07, 6.45) is 6.61. The molecule has 1 aromatic carbocycles. The van der Waals surface area contributed by atoms with E-state index in [1.807, 2.05) is 40.9 Å². The van der Waals surface area contributed by atoms with Crippen molar-refractivity contribution in [3.8, 4) is 0 Å². The first-order valence-corrected chi connectivity index (χ1v) is 11.2. The average Bonchev–Trinajstić information content (AvgIpc) is 2.70. The molecule has 1 saturated carbocycles.